The molecule has 0 unspecified atom stereocenters. The molecule has 0 aromatic carbocycles. The van der Waals surface area contributed by atoms with Crippen LogP contribution in [0.25, 0.3) is 0 Å². The van der Waals surface area contributed by atoms with E-state index in [-0.39, 0.29) is 6.09 Å². The highest BCUT2D eigenvalue weighted by molar-refractivity contribution is 5.68. The molecule has 1 amide bonds. The Bertz CT molecular complexity index is 534. The van der Waals surface area contributed by atoms with Gasteiger partial charge in [-0.1, -0.05) is 0 Å². The first-order valence-corrected chi connectivity index (χ1v) is 8.27. The summed E-state index contributed by atoms with van der Waals surface area (Å²) in [4.78, 5) is 22.8. The fraction of sp³-hybridized carbons (Fsp3) is 0.706. The van der Waals surface area contributed by atoms with Crippen LogP contribution in [-0.4, -0.2) is 46.2 Å². The SMILES string of the molecule is Cc1cc(C)nc(NC[C@@H]2CCCN(C(=O)OC(C)(C)C)C2)n1. The maximum absolute atomic E-state index is 12.2. The van der Waals surface area contributed by atoms with Gasteiger partial charge in [-0.15, -0.1) is 0 Å². The molecule has 1 aliphatic rings. The Morgan fingerprint density at radius 2 is 2.00 bits per heavy atom. The fourth-order valence-electron chi connectivity index (χ4n) is 2.76. The van der Waals surface area contributed by atoms with Crippen LogP contribution >= 0.6 is 0 Å². The average molecular weight is 320 g/mol. The highest BCUT2D eigenvalue weighted by atomic mass is 16.6. The number of carbonyl (C=O) groups excluding carboxylic acids is 1. The summed E-state index contributed by atoms with van der Waals surface area (Å²) in [5.74, 6) is 1.05. The van der Waals surface area contributed by atoms with E-state index < -0.39 is 5.60 Å². The third-order valence-electron chi connectivity index (χ3n) is 3.70. The molecule has 1 aromatic rings. The minimum absolute atomic E-state index is 0.218. The van der Waals surface area contributed by atoms with Crippen molar-refractivity contribution in [3.05, 3.63) is 17.5 Å². The van der Waals surface area contributed by atoms with Crippen molar-refractivity contribution in [2.75, 3.05) is 25.0 Å². The number of nitrogens with zero attached hydrogens (tertiary/aromatic N) is 3. The molecule has 2 rings (SSSR count). The lowest BCUT2D eigenvalue weighted by Gasteiger charge is -2.34. The number of aryl methyl sites for hydroxylation is 2. The van der Waals surface area contributed by atoms with Gasteiger partial charge < -0.3 is 15.0 Å². The van der Waals surface area contributed by atoms with Crippen LogP contribution < -0.4 is 5.32 Å². The molecule has 0 radical (unpaired) electrons. The lowest BCUT2D eigenvalue weighted by atomic mass is 9.98. The van der Waals surface area contributed by atoms with Gasteiger partial charge >= 0.3 is 6.09 Å². The molecular formula is C17H28N4O2. The molecule has 0 saturated carbocycles. The van der Waals surface area contributed by atoms with Crippen LogP contribution in [0.2, 0.25) is 0 Å². The maximum atomic E-state index is 12.2. The maximum Gasteiger partial charge on any atom is 0.410 e. The van der Waals surface area contributed by atoms with Crippen LogP contribution in [0, 0.1) is 19.8 Å². The number of likely N-dealkylation sites (tertiary alicyclic amines) is 1. The van der Waals surface area contributed by atoms with E-state index in [2.05, 4.69) is 15.3 Å². The topological polar surface area (TPSA) is 67.4 Å². The zero-order chi connectivity index (χ0) is 17.0. The second kappa shape index (κ2) is 7.15. The van der Waals surface area contributed by atoms with Gasteiger partial charge in [0.2, 0.25) is 5.95 Å². The molecule has 1 saturated heterocycles. The first-order chi connectivity index (χ1) is 10.7. The number of ether oxygens (including phenoxy) is 1. The van der Waals surface area contributed by atoms with Gasteiger partial charge in [-0.05, 0) is 59.4 Å². The van der Waals surface area contributed by atoms with Crippen molar-refractivity contribution in [3.8, 4) is 0 Å². The quantitative estimate of drug-likeness (QED) is 0.926. The molecule has 128 valence electrons. The summed E-state index contributed by atoms with van der Waals surface area (Å²) in [5, 5.41) is 3.30. The van der Waals surface area contributed by atoms with Crippen molar-refractivity contribution >= 4 is 12.0 Å². The zero-order valence-corrected chi connectivity index (χ0v) is 14.8. The molecular weight excluding hydrogens is 292 g/mol. The van der Waals surface area contributed by atoms with Crippen LogP contribution in [0.15, 0.2) is 6.07 Å². The van der Waals surface area contributed by atoms with Crippen LogP contribution in [0.4, 0.5) is 10.7 Å². The molecule has 2 heterocycles. The van der Waals surface area contributed by atoms with Crippen molar-refractivity contribution in [2.24, 2.45) is 5.92 Å². The minimum atomic E-state index is -0.449. The van der Waals surface area contributed by atoms with Crippen molar-refractivity contribution in [1.29, 1.82) is 0 Å². The van der Waals surface area contributed by atoms with Gasteiger partial charge in [-0.2, -0.15) is 0 Å². The number of rotatable bonds is 3. The Kier molecular flexibility index (Phi) is 5.44. The standard InChI is InChI=1S/C17H28N4O2/c1-12-9-13(2)20-15(19-12)18-10-14-7-6-8-21(11-14)16(22)23-17(3,4)5/h9,14H,6-8,10-11H2,1-5H3,(H,18,19,20)/t14-/m0/s1. The summed E-state index contributed by atoms with van der Waals surface area (Å²) in [6.07, 6.45) is 1.88. The second-order valence-corrected chi connectivity index (χ2v) is 7.29. The molecule has 0 spiro atoms. The monoisotopic (exact) mass is 320 g/mol. The Labute approximate surface area is 138 Å². The molecule has 23 heavy (non-hydrogen) atoms. The lowest BCUT2D eigenvalue weighted by molar-refractivity contribution is 0.0172. The van der Waals surface area contributed by atoms with Crippen molar-refractivity contribution < 1.29 is 9.53 Å². The zero-order valence-electron chi connectivity index (χ0n) is 14.8. The Hall–Kier alpha value is -1.85. The number of anilines is 1. The third-order valence-corrected chi connectivity index (χ3v) is 3.70. The van der Waals surface area contributed by atoms with Crippen molar-refractivity contribution in [2.45, 2.75) is 53.1 Å². The van der Waals surface area contributed by atoms with E-state index in [0.717, 1.165) is 37.3 Å². The number of hydrogen-bond acceptors (Lipinski definition) is 5. The highest BCUT2D eigenvalue weighted by Gasteiger charge is 2.27. The first kappa shape index (κ1) is 17.5. The highest BCUT2D eigenvalue weighted by Crippen LogP contribution is 2.19. The molecule has 6 heteroatoms. The first-order valence-electron chi connectivity index (χ1n) is 8.27. The van der Waals surface area contributed by atoms with E-state index >= 15 is 0 Å². The number of amides is 1. The Morgan fingerprint density at radius 1 is 1.35 bits per heavy atom. The summed E-state index contributed by atoms with van der Waals surface area (Å²) in [6, 6.07) is 1.95. The molecule has 0 aliphatic carbocycles. The van der Waals surface area contributed by atoms with Gasteiger partial charge in [0.1, 0.15) is 5.60 Å². The van der Waals surface area contributed by atoms with Gasteiger partial charge in [0.15, 0.2) is 0 Å². The molecule has 1 N–H and O–H groups in total. The summed E-state index contributed by atoms with van der Waals surface area (Å²) in [5.41, 5.74) is 1.47. The van der Waals surface area contributed by atoms with Crippen molar-refractivity contribution in [1.82, 2.24) is 14.9 Å². The normalized spacial score (nSPS) is 18.7. The summed E-state index contributed by atoms with van der Waals surface area (Å²) < 4.78 is 5.46. The summed E-state index contributed by atoms with van der Waals surface area (Å²) in [7, 11) is 0. The summed E-state index contributed by atoms with van der Waals surface area (Å²) in [6.45, 7) is 11.9. The number of aromatic nitrogens is 2. The van der Waals surface area contributed by atoms with Crippen LogP contribution in [0.1, 0.15) is 45.0 Å². The van der Waals surface area contributed by atoms with Gasteiger partial charge in [-0.3, -0.25) is 0 Å². The Morgan fingerprint density at radius 3 is 2.61 bits per heavy atom. The predicted molar refractivity (Wildman–Crippen MR) is 90.5 cm³/mol. The van der Waals surface area contributed by atoms with Gasteiger partial charge in [0, 0.05) is 31.0 Å². The van der Waals surface area contributed by atoms with Gasteiger partial charge in [0.25, 0.3) is 0 Å². The van der Waals surface area contributed by atoms with E-state index in [1.54, 1.807) is 0 Å². The molecule has 1 aromatic heterocycles. The van der Waals surface area contributed by atoms with E-state index in [1.807, 2.05) is 45.6 Å². The predicted octanol–water partition coefficient (Wildman–Crippen LogP) is 3.15. The fourth-order valence-corrected chi connectivity index (χ4v) is 2.76. The minimum Gasteiger partial charge on any atom is -0.444 e. The average Bonchev–Trinajstić information content (AvgIpc) is 2.43. The smallest absolute Gasteiger partial charge is 0.410 e. The number of hydrogen-bond donors (Lipinski definition) is 1. The number of piperidine rings is 1. The van der Waals surface area contributed by atoms with E-state index in [1.165, 1.54) is 0 Å². The van der Waals surface area contributed by atoms with Gasteiger partial charge in [-0.25, -0.2) is 14.8 Å². The molecule has 1 aliphatic heterocycles. The molecule has 0 bridgehead atoms. The van der Waals surface area contributed by atoms with E-state index in [4.69, 9.17) is 4.74 Å². The molecule has 1 atom stereocenters. The lowest BCUT2D eigenvalue weighted by Crippen LogP contribution is -2.44. The largest absolute Gasteiger partial charge is 0.444 e. The van der Waals surface area contributed by atoms with E-state index in [0.29, 0.717) is 18.4 Å². The van der Waals surface area contributed by atoms with Crippen molar-refractivity contribution in [3.63, 3.8) is 0 Å². The van der Waals surface area contributed by atoms with Crippen LogP contribution in [0.5, 0.6) is 0 Å². The van der Waals surface area contributed by atoms with Crippen LogP contribution in [0.3, 0.4) is 0 Å². The van der Waals surface area contributed by atoms with Gasteiger partial charge in [0.05, 0.1) is 0 Å². The molecule has 1 fully saturated rings. The van der Waals surface area contributed by atoms with E-state index in [9.17, 15) is 4.79 Å². The number of nitrogens with one attached hydrogen (secondary N) is 1. The number of carbonyl (C=O) groups is 1. The third kappa shape index (κ3) is 5.69. The Balaban J connectivity index is 1.87. The summed E-state index contributed by atoms with van der Waals surface area (Å²) >= 11 is 0. The second-order valence-electron chi connectivity index (χ2n) is 7.29. The van der Waals surface area contributed by atoms with Crippen LogP contribution in [-0.2, 0) is 4.74 Å². The molecule has 6 nitrogen and oxygen atoms in total.